The van der Waals surface area contributed by atoms with E-state index in [0.29, 0.717) is 0 Å². The maximum Gasteiger partial charge on any atom is 0.217 e. The van der Waals surface area contributed by atoms with Crippen molar-refractivity contribution in [2.75, 3.05) is 66.1 Å². The molecule has 11 fully saturated rings. The Morgan fingerprint density at radius 2 is 0.534 bits per heavy atom. The minimum atomic E-state index is -2.65. The second-order valence-corrected chi connectivity index (χ2v) is 33.3. The molecule has 0 aliphatic carbocycles. The van der Waals surface area contributed by atoms with Crippen molar-refractivity contribution in [2.24, 2.45) is 0 Å². The van der Waals surface area contributed by atoms with Crippen LogP contribution >= 0.6 is 0 Å². The Balaban J connectivity index is 0.992. The molecule has 58 heteroatoms. The first-order valence-corrected chi connectivity index (χ1v) is 41.9. The lowest BCUT2D eigenvalue weighted by atomic mass is 9.93. The highest BCUT2D eigenvalue weighted by atomic mass is 16.8. The predicted octanol–water partition coefficient (Wildman–Crippen LogP) is -22.7. The first kappa shape index (κ1) is 107. The molecule has 0 saturated carbocycles. The van der Waals surface area contributed by atoms with E-state index in [1.54, 1.807) is 0 Å². The Morgan fingerprint density at radius 3 is 0.947 bits per heavy atom. The largest absolute Gasteiger partial charge is 0.394 e. The van der Waals surface area contributed by atoms with Crippen LogP contribution in [0.4, 0.5) is 0 Å². The molecule has 11 aliphatic heterocycles. The van der Waals surface area contributed by atoms with Gasteiger partial charge in [-0.3, -0.25) is 19.2 Å². The molecule has 11 aliphatic rings. The van der Waals surface area contributed by atoms with Crippen LogP contribution in [0.25, 0.3) is 0 Å². The molecule has 11 saturated heterocycles. The number of hydrogen-bond donors (Lipinski definition) is 33. The monoisotopic (exact) mass is 1920 g/mol. The zero-order valence-electron chi connectivity index (χ0n) is 70.4. The molecule has 758 valence electrons. The zero-order valence-corrected chi connectivity index (χ0v) is 70.4. The molecule has 0 aromatic carbocycles. The Morgan fingerprint density at radius 1 is 0.244 bits per heavy atom. The van der Waals surface area contributed by atoms with Crippen LogP contribution in [-0.2, 0) is 119 Å². The highest BCUT2D eigenvalue weighted by molar-refractivity contribution is 5.74. The third-order valence-electron chi connectivity index (χ3n) is 24.2. The molecule has 0 aromatic rings. The van der Waals surface area contributed by atoms with E-state index in [9.17, 15) is 167 Å². The number of carbonyl (C=O) groups is 4. The van der Waals surface area contributed by atoms with Gasteiger partial charge in [-0.25, -0.2) is 0 Å². The summed E-state index contributed by atoms with van der Waals surface area (Å²) in [5, 5.41) is 335. The molecule has 11 rings (SSSR count). The standard InChI is InChI=1S/C73H122N4O54/c1-16-35(91)45(101)51(107)68(113-16)127-58-34(77-20(5)89)63(110)114-29(13-85)57(58)126-64-31(74-17(2)86)44(100)56(28(12-84)119-64)125-73-62(131-67-50(106)36(92)21(90)14-111-67)59(128-72-61(49(105)40(96)25(9-81)118-72)130-66-33(76-19(4)88)43(99)55(27(11-83)121-66)124-70-53(109)47(103)38(94)23(7-79)116-70)41(97)30(122-73)15-112-71-60(48(104)39(95)24(8-80)117-71)129-65-32(75-18(3)87)42(98)54(26(10-82)120-65)123-69-52(108)46(102)37(93)22(6-78)115-69/h16,21-73,78-85,90-110H,6-15H2,1-5H3,(H,74,86)(H,75,87)(H,76,88)(H,77,89)/t16-,21+,22+,23+,24+,25+,26+,27+,28+,29+,30+,31+,32+,33+,34+,35+,36-,37-,38-,39+,40+,41+,42+,43+,44+,45+,46-,47-,48-,49-,50+,51-,52+,53+,54+,55+,56+,57+,58+,59-,60-,61-,62-,63+,64-,65-,66-,67-,68-,69-,70-,71-,72+,73-/m0/s1. The van der Waals surface area contributed by atoms with Crippen molar-refractivity contribution < 1.29 is 267 Å². The predicted molar refractivity (Wildman–Crippen MR) is 401 cm³/mol. The number of nitrogens with one attached hydrogen (secondary N) is 4. The average molecular weight is 1920 g/mol. The second kappa shape index (κ2) is 46.8. The van der Waals surface area contributed by atoms with Gasteiger partial charge >= 0.3 is 0 Å². The van der Waals surface area contributed by atoms with Gasteiger partial charge in [-0.15, -0.1) is 0 Å². The van der Waals surface area contributed by atoms with E-state index in [1.165, 1.54) is 6.92 Å². The molecule has 0 spiro atoms. The van der Waals surface area contributed by atoms with Gasteiger partial charge in [-0.2, -0.15) is 0 Å². The zero-order chi connectivity index (χ0) is 96.2. The summed E-state index contributed by atoms with van der Waals surface area (Å²) < 4.78 is 127. The van der Waals surface area contributed by atoms with E-state index >= 15 is 0 Å². The minimum absolute atomic E-state index is 0.890. The fourth-order valence-electron chi connectivity index (χ4n) is 17.1. The summed E-state index contributed by atoms with van der Waals surface area (Å²) >= 11 is 0. The fourth-order valence-corrected chi connectivity index (χ4v) is 17.1. The van der Waals surface area contributed by atoms with Gasteiger partial charge in [0.15, 0.2) is 69.2 Å². The molecule has 0 bridgehead atoms. The van der Waals surface area contributed by atoms with Gasteiger partial charge in [0.25, 0.3) is 0 Å². The Kier molecular flexibility index (Phi) is 38.3. The molecule has 33 N–H and O–H groups in total. The molecule has 4 amide bonds. The smallest absolute Gasteiger partial charge is 0.217 e. The van der Waals surface area contributed by atoms with Gasteiger partial charge in [0.2, 0.25) is 23.6 Å². The third kappa shape index (κ3) is 23.6. The number of carbonyl (C=O) groups excluding carboxylic acids is 4. The summed E-state index contributed by atoms with van der Waals surface area (Å²) in [4.78, 5) is 52.7. The highest BCUT2D eigenvalue weighted by Crippen LogP contribution is 2.43. The van der Waals surface area contributed by atoms with Crippen LogP contribution < -0.4 is 21.3 Å². The highest BCUT2D eigenvalue weighted by Gasteiger charge is 2.63. The van der Waals surface area contributed by atoms with E-state index in [4.69, 9.17) is 99.5 Å². The summed E-state index contributed by atoms with van der Waals surface area (Å²) in [6, 6.07) is -7.98. The maximum absolute atomic E-state index is 13.6. The summed E-state index contributed by atoms with van der Waals surface area (Å²) in [5.74, 6) is -3.93. The van der Waals surface area contributed by atoms with Gasteiger partial charge in [0, 0.05) is 27.7 Å². The minimum Gasteiger partial charge on any atom is -0.394 e. The topological polar surface area (TPSA) is 897 Å². The molecule has 11 heterocycles. The molecule has 58 nitrogen and oxygen atoms in total. The number of aliphatic hydroxyl groups is 29. The SMILES string of the molecule is CC(=O)N[C@@H]1[C@@H](O[C@@H]2O[C@@H](C)[C@@H](O)[C@@H](O)[C@@H]2O)[C@H](O[C@@H]2O[C@H](CO)[C@@H](O[C@@H]3O[C@H](CO[C@H]4O[C@H](CO)[C@@H](O)[C@H](O)[C@@H]4O[C@@H]4O[C@H](CO)[C@@H](O[C@@H]5O[C@H](CO)[C@H](O)[C@H](O)[C@H]5O)[C@H](O)[C@H]4NC(C)=O)[C@@H](O)[C@H](O[C@H]4O[C@H](CO)[C@@H](O)[C@H](O)[C@@H]4O[C@@H]4O[C@H](CO)[C@@H](O[C@@H]5O[C@H](CO)[C@H](O)[C@H](O)[C@H]5O)[C@H](O)[C@H]4NC(C)=O)[C@@H]3O[C@@H]3OC[C@@H](O)[C@H](O)[C@H]3O)[C@H](O)[C@H]2NC(C)=O)[C@@H](CO)O[C@H]1O. The van der Waals surface area contributed by atoms with Gasteiger partial charge < -0.3 is 269 Å². The van der Waals surface area contributed by atoms with Gasteiger partial charge in [0.05, 0.1) is 72.2 Å². The Bertz CT molecular complexity index is 3570. The van der Waals surface area contributed by atoms with E-state index < -0.39 is 421 Å². The summed E-state index contributed by atoms with van der Waals surface area (Å²) in [6.07, 6.45) is -108. The lowest BCUT2D eigenvalue weighted by Crippen LogP contribution is -2.72. The van der Waals surface area contributed by atoms with Gasteiger partial charge in [0.1, 0.15) is 256 Å². The molecule has 54 atom stereocenters. The van der Waals surface area contributed by atoms with Gasteiger partial charge in [-0.1, -0.05) is 0 Å². The fraction of sp³-hybridized carbons (Fsp3) is 0.945. The maximum atomic E-state index is 13.6. The molecule has 131 heavy (non-hydrogen) atoms. The number of hydrogen-bond acceptors (Lipinski definition) is 54. The number of rotatable bonds is 33. The van der Waals surface area contributed by atoms with Crippen molar-refractivity contribution >= 4 is 23.6 Å². The number of amides is 4. The number of aliphatic hydroxyl groups excluding tert-OH is 29. The summed E-state index contributed by atoms with van der Waals surface area (Å²) in [7, 11) is 0. The first-order chi connectivity index (χ1) is 62.0. The molecule has 0 radical (unpaired) electrons. The number of ether oxygens (including phenoxy) is 21. The van der Waals surface area contributed by atoms with Crippen LogP contribution in [0.2, 0.25) is 0 Å². The van der Waals surface area contributed by atoms with Crippen LogP contribution in [0.1, 0.15) is 34.6 Å². The van der Waals surface area contributed by atoms with Gasteiger partial charge in [-0.05, 0) is 6.92 Å². The van der Waals surface area contributed by atoms with E-state index in [1.807, 2.05) is 0 Å². The van der Waals surface area contributed by atoms with Crippen LogP contribution in [0.5, 0.6) is 0 Å². The van der Waals surface area contributed by atoms with Crippen LogP contribution in [0, 0.1) is 0 Å². The normalized spacial score (nSPS) is 50.1. The third-order valence-corrected chi connectivity index (χ3v) is 24.2. The van der Waals surface area contributed by atoms with Crippen molar-refractivity contribution in [3.05, 3.63) is 0 Å². The van der Waals surface area contributed by atoms with E-state index in [-0.39, 0.29) is 0 Å². The van der Waals surface area contributed by atoms with Crippen LogP contribution in [-0.4, -0.2) is 569 Å². The molecular formula is C73H122N4O54. The van der Waals surface area contributed by atoms with Crippen LogP contribution in [0.3, 0.4) is 0 Å². The molecular weight excluding hydrogens is 1800 g/mol. The Hall–Kier alpha value is -4.12. The first-order valence-electron chi connectivity index (χ1n) is 41.9. The van der Waals surface area contributed by atoms with Crippen LogP contribution in [0.15, 0.2) is 0 Å². The van der Waals surface area contributed by atoms with Crippen molar-refractivity contribution in [1.82, 2.24) is 21.3 Å². The Labute approximate surface area is 741 Å². The lowest BCUT2D eigenvalue weighted by Gasteiger charge is -2.52. The average Bonchev–Trinajstić information content (AvgIpc) is 0.793. The molecule has 0 aromatic heterocycles. The van der Waals surface area contributed by atoms with Crippen molar-refractivity contribution in [2.45, 2.75) is 366 Å². The second-order valence-electron chi connectivity index (χ2n) is 33.3. The van der Waals surface area contributed by atoms with E-state index in [0.717, 1.165) is 27.7 Å². The van der Waals surface area contributed by atoms with Crippen molar-refractivity contribution in [1.29, 1.82) is 0 Å². The van der Waals surface area contributed by atoms with Crippen molar-refractivity contribution in [3.8, 4) is 0 Å². The van der Waals surface area contributed by atoms with Crippen molar-refractivity contribution in [3.63, 3.8) is 0 Å². The lowest BCUT2D eigenvalue weighted by molar-refractivity contribution is -0.413. The quantitative estimate of drug-likeness (QED) is 0.0290. The summed E-state index contributed by atoms with van der Waals surface area (Å²) in [6.45, 7) is -6.62. The van der Waals surface area contributed by atoms with E-state index in [2.05, 4.69) is 21.3 Å². The molecule has 0 unspecified atom stereocenters. The summed E-state index contributed by atoms with van der Waals surface area (Å²) in [5.41, 5.74) is 0.